The van der Waals surface area contributed by atoms with E-state index in [0.717, 1.165) is 10.6 Å². The Labute approximate surface area is 145 Å². The number of hydrogen-bond acceptors (Lipinski definition) is 4. The molecular formula is C17H28N2O4S. The van der Waals surface area contributed by atoms with Gasteiger partial charge in [-0.2, -0.15) is 0 Å². The molecule has 0 aromatic heterocycles. The summed E-state index contributed by atoms with van der Waals surface area (Å²) in [7, 11) is -2.13. The summed E-state index contributed by atoms with van der Waals surface area (Å²) in [5.41, 5.74) is 0.413. The first-order valence-corrected chi connectivity index (χ1v) is 9.90. The summed E-state index contributed by atoms with van der Waals surface area (Å²) in [6.07, 6.45) is 1.47. The fraction of sp³-hybridized carbons (Fsp3) is 0.588. The molecule has 24 heavy (non-hydrogen) atoms. The Kier molecular flexibility index (Phi) is 7.08. The van der Waals surface area contributed by atoms with Crippen LogP contribution in [-0.2, 0) is 14.8 Å². The van der Waals surface area contributed by atoms with Crippen LogP contribution in [0.5, 0.6) is 5.75 Å². The molecule has 136 valence electrons. The molecule has 0 aliphatic heterocycles. The summed E-state index contributed by atoms with van der Waals surface area (Å²) in [6, 6.07) is 5.85. The second-order valence-corrected chi connectivity index (χ2v) is 8.09. The zero-order chi connectivity index (χ0) is 18.5. The smallest absolute Gasteiger partial charge is 0.244 e. The van der Waals surface area contributed by atoms with Crippen LogP contribution >= 0.6 is 0 Å². The molecule has 0 heterocycles. The number of ether oxygens (including phenoxy) is 1. The highest BCUT2D eigenvalue weighted by Gasteiger charge is 2.32. The minimum atomic E-state index is -3.64. The number of hydrogen-bond donors (Lipinski definition) is 1. The Morgan fingerprint density at radius 2 is 1.92 bits per heavy atom. The Hall–Kier alpha value is -1.76. The van der Waals surface area contributed by atoms with E-state index in [1.165, 1.54) is 7.11 Å². The fourth-order valence-electron chi connectivity index (χ4n) is 2.30. The third kappa shape index (κ3) is 5.12. The van der Waals surface area contributed by atoms with E-state index < -0.39 is 16.1 Å². The van der Waals surface area contributed by atoms with Gasteiger partial charge in [0.25, 0.3) is 0 Å². The lowest BCUT2D eigenvalue weighted by Gasteiger charge is -2.31. The van der Waals surface area contributed by atoms with Crippen molar-refractivity contribution >= 4 is 21.6 Å². The molecule has 0 aliphatic carbocycles. The third-order valence-electron chi connectivity index (χ3n) is 4.01. The first-order valence-electron chi connectivity index (χ1n) is 8.05. The van der Waals surface area contributed by atoms with Crippen molar-refractivity contribution in [2.24, 2.45) is 5.92 Å². The number of carbonyl (C=O) groups excluding carboxylic acids is 1. The standard InChI is InChI=1S/C17H28N2O4S/c1-7-16(17(20)18-13(4)12(2)3)19(24(6,21)22)14-9-8-10-15(11-14)23-5/h8-13,16H,7H2,1-6H3,(H,18,20)/t13-,16+/m1/s1. The van der Waals surface area contributed by atoms with Crippen LogP contribution in [0.25, 0.3) is 0 Å². The topological polar surface area (TPSA) is 75.7 Å². The summed E-state index contributed by atoms with van der Waals surface area (Å²) in [4.78, 5) is 12.7. The van der Waals surface area contributed by atoms with E-state index in [1.54, 1.807) is 31.2 Å². The number of carbonyl (C=O) groups is 1. The van der Waals surface area contributed by atoms with Crippen LogP contribution in [0.2, 0.25) is 0 Å². The van der Waals surface area contributed by atoms with Crippen LogP contribution in [0, 0.1) is 5.92 Å². The number of amides is 1. The van der Waals surface area contributed by atoms with Crippen LogP contribution in [0.1, 0.15) is 34.1 Å². The van der Waals surface area contributed by atoms with E-state index in [9.17, 15) is 13.2 Å². The van der Waals surface area contributed by atoms with Gasteiger partial charge in [-0.1, -0.05) is 26.8 Å². The molecule has 0 saturated heterocycles. The van der Waals surface area contributed by atoms with Crippen LogP contribution in [0.4, 0.5) is 5.69 Å². The molecule has 1 amide bonds. The van der Waals surface area contributed by atoms with Gasteiger partial charge in [-0.15, -0.1) is 0 Å². The lowest BCUT2D eigenvalue weighted by atomic mass is 10.1. The van der Waals surface area contributed by atoms with E-state index in [2.05, 4.69) is 5.32 Å². The number of nitrogens with one attached hydrogen (secondary N) is 1. The summed E-state index contributed by atoms with van der Waals surface area (Å²) >= 11 is 0. The molecule has 7 heteroatoms. The van der Waals surface area contributed by atoms with Gasteiger partial charge < -0.3 is 10.1 Å². The first kappa shape index (κ1) is 20.3. The van der Waals surface area contributed by atoms with Crippen molar-refractivity contribution in [1.29, 1.82) is 0 Å². The number of sulfonamides is 1. The molecule has 1 aromatic carbocycles. The van der Waals surface area contributed by atoms with Gasteiger partial charge >= 0.3 is 0 Å². The summed E-state index contributed by atoms with van der Waals surface area (Å²) in [6.45, 7) is 7.71. The lowest BCUT2D eigenvalue weighted by molar-refractivity contribution is -0.123. The average molecular weight is 356 g/mol. The van der Waals surface area contributed by atoms with Crippen molar-refractivity contribution in [2.75, 3.05) is 17.7 Å². The number of benzene rings is 1. The fourth-order valence-corrected chi connectivity index (χ4v) is 3.50. The second-order valence-electron chi connectivity index (χ2n) is 6.23. The van der Waals surface area contributed by atoms with Crippen LogP contribution in [0.15, 0.2) is 24.3 Å². The Morgan fingerprint density at radius 1 is 1.29 bits per heavy atom. The predicted octanol–water partition coefficient (Wildman–Crippen LogP) is 2.40. The highest BCUT2D eigenvalue weighted by Crippen LogP contribution is 2.26. The number of anilines is 1. The minimum Gasteiger partial charge on any atom is -0.497 e. The Morgan fingerprint density at radius 3 is 2.38 bits per heavy atom. The molecule has 1 rings (SSSR count). The SMILES string of the molecule is CC[C@@H](C(=O)N[C@H](C)C(C)C)N(c1cccc(OC)c1)S(C)(=O)=O. The zero-order valence-corrected chi connectivity index (χ0v) is 16.1. The molecule has 0 fully saturated rings. The number of methoxy groups -OCH3 is 1. The number of rotatable bonds is 8. The first-order chi connectivity index (χ1) is 11.1. The normalized spacial score (nSPS) is 14.1. The molecule has 0 bridgehead atoms. The molecule has 0 aliphatic rings. The summed E-state index contributed by atoms with van der Waals surface area (Å²) < 4.78 is 31.1. The molecule has 0 unspecified atom stereocenters. The van der Waals surface area contributed by atoms with E-state index in [1.807, 2.05) is 20.8 Å². The Bertz CT molecular complexity index is 658. The summed E-state index contributed by atoms with van der Waals surface area (Å²) in [5, 5.41) is 2.90. The van der Waals surface area contributed by atoms with Crippen molar-refractivity contribution in [2.45, 2.75) is 46.2 Å². The average Bonchev–Trinajstić information content (AvgIpc) is 2.50. The van der Waals surface area contributed by atoms with E-state index in [0.29, 0.717) is 17.9 Å². The van der Waals surface area contributed by atoms with Gasteiger partial charge in [0.05, 0.1) is 19.1 Å². The molecule has 1 N–H and O–H groups in total. The molecule has 6 nitrogen and oxygen atoms in total. The maximum atomic E-state index is 12.7. The molecule has 2 atom stereocenters. The Balaban J connectivity index is 3.24. The highest BCUT2D eigenvalue weighted by molar-refractivity contribution is 7.92. The lowest BCUT2D eigenvalue weighted by Crippen LogP contribution is -2.51. The van der Waals surface area contributed by atoms with E-state index in [4.69, 9.17) is 4.74 Å². The largest absolute Gasteiger partial charge is 0.497 e. The third-order valence-corrected chi connectivity index (χ3v) is 5.19. The molecule has 0 saturated carbocycles. The second kappa shape index (κ2) is 8.37. The monoisotopic (exact) mass is 356 g/mol. The highest BCUT2D eigenvalue weighted by atomic mass is 32.2. The molecule has 1 aromatic rings. The summed E-state index contributed by atoms with van der Waals surface area (Å²) in [5.74, 6) is 0.494. The molecule has 0 radical (unpaired) electrons. The van der Waals surface area contributed by atoms with Gasteiger partial charge in [0.15, 0.2) is 0 Å². The van der Waals surface area contributed by atoms with Crippen molar-refractivity contribution in [3.8, 4) is 5.75 Å². The van der Waals surface area contributed by atoms with Crippen LogP contribution in [-0.4, -0.2) is 39.8 Å². The van der Waals surface area contributed by atoms with Crippen molar-refractivity contribution < 1.29 is 17.9 Å². The van der Waals surface area contributed by atoms with Gasteiger partial charge in [-0.3, -0.25) is 9.10 Å². The van der Waals surface area contributed by atoms with Gasteiger partial charge in [0.2, 0.25) is 15.9 Å². The van der Waals surface area contributed by atoms with Gasteiger partial charge in [-0.25, -0.2) is 8.42 Å². The molecule has 0 spiro atoms. The van der Waals surface area contributed by atoms with Crippen molar-refractivity contribution in [3.63, 3.8) is 0 Å². The van der Waals surface area contributed by atoms with E-state index in [-0.39, 0.29) is 17.9 Å². The van der Waals surface area contributed by atoms with Gasteiger partial charge in [0.1, 0.15) is 11.8 Å². The minimum absolute atomic E-state index is 0.0433. The predicted molar refractivity (Wildman–Crippen MR) is 96.8 cm³/mol. The van der Waals surface area contributed by atoms with Gasteiger partial charge in [0, 0.05) is 12.1 Å². The quantitative estimate of drug-likeness (QED) is 0.776. The van der Waals surface area contributed by atoms with Crippen molar-refractivity contribution in [3.05, 3.63) is 24.3 Å². The molecular weight excluding hydrogens is 328 g/mol. The zero-order valence-electron chi connectivity index (χ0n) is 15.2. The maximum absolute atomic E-state index is 12.7. The van der Waals surface area contributed by atoms with E-state index >= 15 is 0 Å². The maximum Gasteiger partial charge on any atom is 0.244 e. The van der Waals surface area contributed by atoms with Crippen LogP contribution < -0.4 is 14.4 Å². The van der Waals surface area contributed by atoms with Crippen LogP contribution in [0.3, 0.4) is 0 Å². The number of nitrogens with zero attached hydrogens (tertiary/aromatic N) is 1. The van der Waals surface area contributed by atoms with Gasteiger partial charge in [-0.05, 0) is 31.4 Å². The van der Waals surface area contributed by atoms with Crippen molar-refractivity contribution in [1.82, 2.24) is 5.32 Å².